The zero-order chi connectivity index (χ0) is 24.3. The Bertz CT molecular complexity index is 1210. The summed E-state index contributed by atoms with van der Waals surface area (Å²) in [4.78, 5) is 23.7. The molecule has 0 radical (unpaired) electrons. The first-order valence-corrected chi connectivity index (χ1v) is 12.4. The van der Waals surface area contributed by atoms with Gasteiger partial charge >= 0.3 is 0 Å². The van der Waals surface area contributed by atoms with Crippen molar-refractivity contribution >= 4 is 23.4 Å². The Morgan fingerprint density at radius 1 is 0.886 bits per heavy atom. The highest BCUT2D eigenvalue weighted by Gasteiger charge is 2.13. The van der Waals surface area contributed by atoms with E-state index < -0.39 is 0 Å². The molecule has 0 atom stereocenters. The summed E-state index contributed by atoms with van der Waals surface area (Å²) in [5, 5.41) is 3.99. The predicted octanol–water partition coefficient (Wildman–Crippen LogP) is 5.59. The van der Waals surface area contributed by atoms with Gasteiger partial charge in [0.05, 0.1) is 11.6 Å². The first kappa shape index (κ1) is 24.6. The number of anilines is 1. The molecule has 0 unspecified atom stereocenters. The number of halogens is 1. The molecule has 2 aromatic carbocycles. The fourth-order valence-corrected chi connectivity index (χ4v) is 4.42. The van der Waals surface area contributed by atoms with E-state index in [1.807, 2.05) is 60.7 Å². The number of thioether (sulfide) groups is 1. The maximum atomic E-state index is 13.3. The van der Waals surface area contributed by atoms with E-state index in [-0.39, 0.29) is 18.3 Å². The molecule has 2 heterocycles. The smallest absolute Gasteiger partial charge is 0.238 e. The van der Waals surface area contributed by atoms with E-state index in [1.54, 1.807) is 36.3 Å². The second-order valence-corrected chi connectivity index (χ2v) is 9.11. The van der Waals surface area contributed by atoms with Gasteiger partial charge in [-0.25, -0.2) is 9.37 Å². The Hall–Kier alpha value is -3.55. The second-order valence-electron chi connectivity index (χ2n) is 8.11. The fourth-order valence-electron chi connectivity index (χ4n) is 3.61. The van der Waals surface area contributed by atoms with E-state index in [1.165, 1.54) is 12.1 Å². The number of nitrogens with one attached hydrogen (secondary N) is 1. The Balaban J connectivity index is 1.36. The van der Waals surface area contributed by atoms with Crippen molar-refractivity contribution in [3.63, 3.8) is 0 Å². The molecule has 2 aromatic heterocycles. The van der Waals surface area contributed by atoms with Crippen molar-refractivity contribution in [3.05, 3.63) is 120 Å². The molecule has 0 aliphatic heterocycles. The summed E-state index contributed by atoms with van der Waals surface area (Å²) >= 11 is 1.65. The highest BCUT2D eigenvalue weighted by molar-refractivity contribution is 7.98. The summed E-state index contributed by atoms with van der Waals surface area (Å²) < 4.78 is 13.3. The van der Waals surface area contributed by atoms with Crippen LogP contribution in [0.4, 0.5) is 10.1 Å². The van der Waals surface area contributed by atoms with Crippen LogP contribution < -0.4 is 5.32 Å². The number of nitrogens with zero attached hydrogens (tertiary/aromatic N) is 3. The minimum absolute atomic E-state index is 0.0948. The predicted molar refractivity (Wildman–Crippen MR) is 138 cm³/mol. The molecule has 178 valence electrons. The molecule has 4 aromatic rings. The van der Waals surface area contributed by atoms with E-state index in [0.29, 0.717) is 13.1 Å². The summed E-state index contributed by atoms with van der Waals surface area (Å²) in [7, 11) is 0. The number of hydrogen-bond acceptors (Lipinski definition) is 5. The number of rotatable bonds is 11. The van der Waals surface area contributed by atoms with Crippen molar-refractivity contribution in [2.75, 3.05) is 18.4 Å². The van der Waals surface area contributed by atoms with Gasteiger partial charge in [0.25, 0.3) is 0 Å². The van der Waals surface area contributed by atoms with Crippen LogP contribution in [0.25, 0.3) is 0 Å². The number of carbonyl (C=O) groups excluding carboxylic acids is 1. The van der Waals surface area contributed by atoms with Gasteiger partial charge in [0, 0.05) is 49.0 Å². The van der Waals surface area contributed by atoms with Gasteiger partial charge in [-0.15, -0.1) is 11.8 Å². The first-order valence-electron chi connectivity index (χ1n) is 11.4. The summed E-state index contributed by atoms with van der Waals surface area (Å²) in [6.07, 6.45) is 4.27. The standard InChI is InChI=1S/C28H27FN4OS/c29-24-12-10-22(11-13-24)19-33(17-14-25-7-1-3-15-30-25)20-27(34)32-26-8-5-6-23(18-26)21-35-28-9-2-4-16-31-28/h1-13,15-16,18H,14,17,19-21H2,(H,32,34). The van der Waals surface area contributed by atoms with Crippen LogP contribution in [0.2, 0.25) is 0 Å². The number of hydrogen-bond donors (Lipinski definition) is 1. The van der Waals surface area contributed by atoms with Crippen molar-refractivity contribution in [2.45, 2.75) is 23.7 Å². The van der Waals surface area contributed by atoms with Crippen molar-refractivity contribution < 1.29 is 9.18 Å². The number of amides is 1. The van der Waals surface area contributed by atoms with Gasteiger partial charge in [-0.3, -0.25) is 14.7 Å². The van der Waals surface area contributed by atoms with Gasteiger partial charge in [-0.2, -0.15) is 0 Å². The first-order chi connectivity index (χ1) is 17.1. The molecule has 35 heavy (non-hydrogen) atoms. The van der Waals surface area contributed by atoms with Crippen molar-refractivity contribution in [2.24, 2.45) is 0 Å². The Morgan fingerprint density at radius 3 is 2.43 bits per heavy atom. The monoisotopic (exact) mass is 486 g/mol. The largest absolute Gasteiger partial charge is 0.325 e. The number of pyridine rings is 2. The lowest BCUT2D eigenvalue weighted by molar-refractivity contribution is -0.117. The van der Waals surface area contributed by atoms with E-state index >= 15 is 0 Å². The number of aromatic nitrogens is 2. The van der Waals surface area contributed by atoms with Gasteiger partial charge in [-0.1, -0.05) is 36.4 Å². The minimum atomic E-state index is -0.271. The van der Waals surface area contributed by atoms with Gasteiger partial charge < -0.3 is 5.32 Å². The van der Waals surface area contributed by atoms with Crippen LogP contribution in [0, 0.1) is 5.82 Å². The molecule has 0 fully saturated rings. The fraction of sp³-hybridized carbons (Fsp3) is 0.179. The van der Waals surface area contributed by atoms with Crippen LogP contribution in [0.15, 0.2) is 102 Å². The van der Waals surface area contributed by atoms with E-state index in [9.17, 15) is 9.18 Å². The van der Waals surface area contributed by atoms with Crippen molar-refractivity contribution in [3.8, 4) is 0 Å². The Labute approximate surface area is 209 Å². The summed E-state index contributed by atoms with van der Waals surface area (Å²) in [5.41, 5.74) is 3.79. The molecular weight excluding hydrogens is 459 g/mol. The maximum Gasteiger partial charge on any atom is 0.238 e. The van der Waals surface area contributed by atoms with E-state index in [0.717, 1.165) is 39.7 Å². The lowest BCUT2D eigenvalue weighted by Crippen LogP contribution is -2.34. The molecule has 0 bridgehead atoms. The second kappa shape index (κ2) is 12.8. The van der Waals surface area contributed by atoms with Crippen LogP contribution in [-0.2, 0) is 23.5 Å². The molecule has 0 saturated carbocycles. The van der Waals surface area contributed by atoms with Crippen molar-refractivity contribution in [1.82, 2.24) is 14.9 Å². The maximum absolute atomic E-state index is 13.3. The number of benzene rings is 2. The lowest BCUT2D eigenvalue weighted by Gasteiger charge is -2.22. The molecular formula is C28H27FN4OS. The Kier molecular flexibility index (Phi) is 8.98. The normalized spacial score (nSPS) is 10.9. The Morgan fingerprint density at radius 2 is 1.69 bits per heavy atom. The average Bonchev–Trinajstić information content (AvgIpc) is 2.89. The molecule has 5 nitrogen and oxygen atoms in total. The van der Waals surface area contributed by atoms with Crippen molar-refractivity contribution in [1.29, 1.82) is 0 Å². The summed E-state index contributed by atoms with van der Waals surface area (Å²) in [6.45, 7) is 1.42. The SMILES string of the molecule is O=C(CN(CCc1ccccn1)Cc1ccc(F)cc1)Nc1cccc(CSc2ccccn2)c1. The van der Waals surface area contributed by atoms with E-state index in [4.69, 9.17) is 0 Å². The van der Waals surface area contributed by atoms with Gasteiger partial charge in [0.2, 0.25) is 5.91 Å². The van der Waals surface area contributed by atoms with Crippen LogP contribution in [0.3, 0.4) is 0 Å². The third kappa shape index (κ3) is 8.31. The zero-order valence-corrected chi connectivity index (χ0v) is 20.1. The lowest BCUT2D eigenvalue weighted by atomic mass is 10.2. The molecule has 0 aliphatic carbocycles. The zero-order valence-electron chi connectivity index (χ0n) is 19.3. The highest BCUT2D eigenvalue weighted by Crippen LogP contribution is 2.22. The van der Waals surface area contributed by atoms with Gasteiger partial charge in [0.15, 0.2) is 0 Å². The van der Waals surface area contributed by atoms with Crippen LogP contribution in [0.1, 0.15) is 16.8 Å². The third-order valence-corrected chi connectivity index (χ3v) is 6.35. The van der Waals surface area contributed by atoms with Crippen LogP contribution >= 0.6 is 11.8 Å². The van der Waals surface area contributed by atoms with Crippen LogP contribution in [-0.4, -0.2) is 33.9 Å². The quantitative estimate of drug-likeness (QED) is 0.280. The molecule has 0 spiro atoms. The highest BCUT2D eigenvalue weighted by atomic mass is 32.2. The third-order valence-electron chi connectivity index (χ3n) is 5.33. The number of carbonyl (C=O) groups is 1. The molecule has 7 heteroatoms. The van der Waals surface area contributed by atoms with Gasteiger partial charge in [-0.05, 0) is 59.7 Å². The topological polar surface area (TPSA) is 58.1 Å². The minimum Gasteiger partial charge on any atom is -0.325 e. The molecule has 4 rings (SSSR count). The molecule has 1 amide bonds. The summed E-state index contributed by atoms with van der Waals surface area (Å²) in [5.74, 6) is 0.400. The molecule has 0 aliphatic rings. The van der Waals surface area contributed by atoms with E-state index in [2.05, 4.69) is 20.2 Å². The van der Waals surface area contributed by atoms with Crippen LogP contribution in [0.5, 0.6) is 0 Å². The van der Waals surface area contributed by atoms with Gasteiger partial charge in [0.1, 0.15) is 5.82 Å². The average molecular weight is 487 g/mol. The molecule has 1 N–H and O–H groups in total. The molecule has 0 saturated heterocycles. The summed E-state index contributed by atoms with van der Waals surface area (Å²) in [6, 6.07) is 25.9.